The minimum absolute atomic E-state index is 0.0174. The maximum atomic E-state index is 12.1. The molecule has 1 saturated heterocycles. The number of hydrogen-bond acceptors (Lipinski definition) is 5. The molecule has 1 aromatic heterocycles. The largest absolute Gasteiger partial charge is 0.357 e. The summed E-state index contributed by atoms with van der Waals surface area (Å²) in [5.74, 6) is 0.721. The van der Waals surface area contributed by atoms with Crippen molar-refractivity contribution in [3.8, 4) is 0 Å². The Hall–Kier alpha value is -2.96. The first kappa shape index (κ1) is 17.8. The number of pyridine rings is 1. The zero-order valence-corrected chi connectivity index (χ0v) is 14.6. The lowest BCUT2D eigenvalue weighted by atomic mass is 10.1. The van der Waals surface area contributed by atoms with Gasteiger partial charge in [-0.05, 0) is 30.9 Å². The fourth-order valence-corrected chi connectivity index (χ4v) is 3.11. The summed E-state index contributed by atoms with van der Waals surface area (Å²) < 4.78 is 0. The second-order valence-electron chi connectivity index (χ2n) is 6.41. The van der Waals surface area contributed by atoms with E-state index in [1.807, 2.05) is 12.1 Å². The van der Waals surface area contributed by atoms with Gasteiger partial charge in [0.1, 0.15) is 5.82 Å². The first-order chi connectivity index (χ1) is 12.6. The van der Waals surface area contributed by atoms with E-state index in [0.29, 0.717) is 12.1 Å². The number of hydrogen-bond donors (Lipinski definition) is 1. The summed E-state index contributed by atoms with van der Waals surface area (Å²) in [5, 5.41) is 13.8. The fraction of sp³-hybridized carbons (Fsp3) is 0.368. The molecule has 0 unspecified atom stereocenters. The van der Waals surface area contributed by atoms with Crippen molar-refractivity contribution in [2.45, 2.75) is 32.2 Å². The van der Waals surface area contributed by atoms with Crippen LogP contribution >= 0.6 is 0 Å². The molecule has 0 atom stereocenters. The average Bonchev–Trinajstić information content (AvgIpc) is 2.68. The van der Waals surface area contributed by atoms with Crippen molar-refractivity contribution >= 4 is 17.4 Å². The van der Waals surface area contributed by atoms with Gasteiger partial charge in [0.2, 0.25) is 5.91 Å². The highest BCUT2D eigenvalue weighted by Crippen LogP contribution is 2.19. The van der Waals surface area contributed by atoms with Gasteiger partial charge in [0.15, 0.2) is 0 Å². The highest BCUT2D eigenvalue weighted by atomic mass is 16.6. The van der Waals surface area contributed by atoms with Gasteiger partial charge in [0, 0.05) is 37.5 Å². The number of amides is 1. The van der Waals surface area contributed by atoms with Crippen molar-refractivity contribution in [1.29, 1.82) is 0 Å². The quantitative estimate of drug-likeness (QED) is 0.636. The fourth-order valence-electron chi connectivity index (χ4n) is 3.11. The second kappa shape index (κ2) is 8.42. The van der Waals surface area contributed by atoms with Crippen LogP contribution in [0.4, 0.5) is 11.5 Å². The molecule has 2 heterocycles. The molecule has 0 bridgehead atoms. The molecule has 7 nitrogen and oxygen atoms in total. The number of rotatable bonds is 6. The van der Waals surface area contributed by atoms with Gasteiger partial charge in [-0.15, -0.1) is 0 Å². The van der Waals surface area contributed by atoms with Crippen molar-refractivity contribution < 1.29 is 9.72 Å². The number of carbonyl (C=O) groups is 1. The van der Waals surface area contributed by atoms with Crippen LogP contribution in [0.3, 0.4) is 0 Å². The van der Waals surface area contributed by atoms with E-state index in [9.17, 15) is 14.9 Å². The molecule has 3 rings (SSSR count). The van der Waals surface area contributed by atoms with Crippen molar-refractivity contribution in [3.63, 3.8) is 0 Å². The molecular formula is C19H22N4O3. The van der Waals surface area contributed by atoms with Crippen molar-refractivity contribution in [3.05, 3.63) is 63.8 Å². The average molecular weight is 354 g/mol. The molecule has 1 fully saturated rings. The summed E-state index contributed by atoms with van der Waals surface area (Å²) in [6, 6.07) is 10.2. The van der Waals surface area contributed by atoms with Crippen LogP contribution in [-0.4, -0.2) is 28.9 Å². The molecule has 26 heavy (non-hydrogen) atoms. The Labute approximate surface area is 152 Å². The molecule has 1 amide bonds. The van der Waals surface area contributed by atoms with Crippen LogP contribution in [0.15, 0.2) is 42.6 Å². The molecular weight excluding hydrogens is 332 g/mol. The van der Waals surface area contributed by atoms with Crippen LogP contribution < -0.4 is 10.2 Å². The Morgan fingerprint density at radius 3 is 2.62 bits per heavy atom. The predicted molar refractivity (Wildman–Crippen MR) is 98.9 cm³/mol. The number of nitrogens with zero attached hydrogens (tertiary/aromatic N) is 3. The van der Waals surface area contributed by atoms with Crippen molar-refractivity contribution in [2.24, 2.45) is 0 Å². The predicted octanol–water partition coefficient (Wildman–Crippen LogP) is 2.84. The maximum Gasteiger partial charge on any atom is 0.273 e. The Kier molecular flexibility index (Phi) is 5.78. The summed E-state index contributed by atoms with van der Waals surface area (Å²) in [4.78, 5) is 29.4. The molecule has 0 aliphatic carbocycles. The summed E-state index contributed by atoms with van der Waals surface area (Å²) in [6.45, 7) is 2.44. The number of para-hydroxylation sites is 1. The van der Waals surface area contributed by atoms with Crippen molar-refractivity contribution in [1.82, 2.24) is 10.3 Å². The van der Waals surface area contributed by atoms with Gasteiger partial charge in [0.05, 0.1) is 11.3 Å². The van der Waals surface area contributed by atoms with Gasteiger partial charge in [-0.3, -0.25) is 14.9 Å². The molecule has 136 valence electrons. The normalized spacial score (nSPS) is 14.1. The topological polar surface area (TPSA) is 88.4 Å². The Morgan fingerprint density at radius 1 is 1.15 bits per heavy atom. The lowest BCUT2D eigenvalue weighted by molar-refractivity contribution is -0.385. The molecule has 0 spiro atoms. The number of anilines is 1. The maximum absolute atomic E-state index is 12.1. The van der Waals surface area contributed by atoms with E-state index in [-0.39, 0.29) is 18.0 Å². The number of nitrogens with one attached hydrogen (secondary N) is 1. The van der Waals surface area contributed by atoms with E-state index >= 15 is 0 Å². The number of nitro groups is 1. The third kappa shape index (κ3) is 4.56. The standard InChI is InChI=1S/C19H22N4O3/c24-19(12-16-6-2-3-7-17(16)23(25)26)21-14-15-8-9-18(20-13-15)22-10-4-1-5-11-22/h2-3,6-9,13H,1,4-5,10-12,14H2,(H,21,24). The monoisotopic (exact) mass is 354 g/mol. The molecule has 0 saturated carbocycles. The summed E-state index contributed by atoms with van der Waals surface area (Å²) in [7, 11) is 0. The first-order valence-corrected chi connectivity index (χ1v) is 8.82. The van der Waals surface area contributed by atoms with Crippen LogP contribution in [-0.2, 0) is 17.8 Å². The zero-order valence-electron chi connectivity index (χ0n) is 14.6. The van der Waals surface area contributed by atoms with Gasteiger partial charge < -0.3 is 10.2 Å². The Morgan fingerprint density at radius 2 is 1.92 bits per heavy atom. The minimum Gasteiger partial charge on any atom is -0.357 e. The molecule has 0 radical (unpaired) electrons. The summed E-state index contributed by atoms with van der Waals surface area (Å²) in [5.41, 5.74) is 1.28. The zero-order chi connectivity index (χ0) is 18.4. The van der Waals surface area contributed by atoms with Crippen LogP contribution in [0.2, 0.25) is 0 Å². The van der Waals surface area contributed by atoms with Crippen LogP contribution in [0.25, 0.3) is 0 Å². The minimum atomic E-state index is -0.466. The van der Waals surface area contributed by atoms with Crippen LogP contribution in [0, 0.1) is 10.1 Å². The molecule has 7 heteroatoms. The van der Waals surface area contributed by atoms with E-state index in [2.05, 4.69) is 15.2 Å². The molecule has 2 aromatic rings. The number of nitro benzene ring substituents is 1. The third-order valence-corrected chi connectivity index (χ3v) is 4.52. The second-order valence-corrected chi connectivity index (χ2v) is 6.41. The molecule has 1 aromatic carbocycles. The molecule has 1 aliphatic heterocycles. The highest BCUT2D eigenvalue weighted by molar-refractivity contribution is 5.79. The SMILES string of the molecule is O=C(Cc1ccccc1[N+](=O)[O-])NCc1ccc(N2CCCCC2)nc1. The van der Waals surface area contributed by atoms with Crippen LogP contribution in [0.1, 0.15) is 30.4 Å². The van der Waals surface area contributed by atoms with Gasteiger partial charge in [-0.25, -0.2) is 4.98 Å². The summed E-state index contributed by atoms with van der Waals surface area (Å²) >= 11 is 0. The van der Waals surface area contributed by atoms with Gasteiger partial charge in [-0.2, -0.15) is 0 Å². The lowest BCUT2D eigenvalue weighted by Crippen LogP contribution is -2.30. The van der Waals surface area contributed by atoms with Gasteiger partial charge >= 0.3 is 0 Å². The molecule has 1 aliphatic rings. The van der Waals surface area contributed by atoms with E-state index < -0.39 is 4.92 Å². The third-order valence-electron chi connectivity index (χ3n) is 4.52. The van der Waals surface area contributed by atoms with Gasteiger partial charge in [-0.1, -0.05) is 24.3 Å². The lowest BCUT2D eigenvalue weighted by Gasteiger charge is -2.27. The van der Waals surface area contributed by atoms with E-state index in [1.54, 1.807) is 24.4 Å². The number of piperidine rings is 1. The van der Waals surface area contributed by atoms with Crippen LogP contribution in [0.5, 0.6) is 0 Å². The van der Waals surface area contributed by atoms with E-state index in [1.165, 1.54) is 25.3 Å². The van der Waals surface area contributed by atoms with E-state index in [4.69, 9.17) is 0 Å². The smallest absolute Gasteiger partial charge is 0.273 e. The summed E-state index contributed by atoms with van der Waals surface area (Å²) in [6.07, 6.45) is 5.43. The Bertz CT molecular complexity index is 771. The number of carbonyl (C=O) groups excluding carboxylic acids is 1. The highest BCUT2D eigenvalue weighted by Gasteiger charge is 2.15. The van der Waals surface area contributed by atoms with Gasteiger partial charge in [0.25, 0.3) is 5.69 Å². The first-order valence-electron chi connectivity index (χ1n) is 8.82. The van der Waals surface area contributed by atoms with E-state index in [0.717, 1.165) is 24.5 Å². The molecule has 1 N–H and O–H groups in total. The Balaban J connectivity index is 1.54. The number of benzene rings is 1. The van der Waals surface area contributed by atoms with Crippen molar-refractivity contribution in [2.75, 3.05) is 18.0 Å². The number of aromatic nitrogens is 1.